The summed E-state index contributed by atoms with van der Waals surface area (Å²) in [5.74, 6) is 0.909. The lowest BCUT2D eigenvalue weighted by Gasteiger charge is -2.23. The van der Waals surface area contributed by atoms with Crippen LogP contribution in [0.4, 0.5) is 0 Å². The molecule has 0 amide bonds. The molecule has 8 nitrogen and oxygen atoms in total. The van der Waals surface area contributed by atoms with Crippen LogP contribution in [0.2, 0.25) is 6.04 Å². The quantitative estimate of drug-likeness (QED) is 0.252. The molecule has 1 aromatic heterocycles. The number of hydrogen-bond donors (Lipinski definition) is 1. The summed E-state index contributed by atoms with van der Waals surface area (Å²) in [4.78, 5) is 0. The maximum absolute atomic E-state index is 10.7. The van der Waals surface area contributed by atoms with Crippen molar-refractivity contribution in [2.45, 2.75) is 45.3 Å². The van der Waals surface area contributed by atoms with E-state index in [1.54, 1.807) is 21.3 Å². The molecule has 0 aromatic carbocycles. The first-order valence-electron chi connectivity index (χ1n) is 7.92. The lowest BCUT2D eigenvalue weighted by molar-refractivity contribution is -0.702. The Labute approximate surface area is 145 Å². The summed E-state index contributed by atoms with van der Waals surface area (Å²) in [7, 11) is -1.55. The van der Waals surface area contributed by atoms with Crippen LogP contribution in [0, 0.1) is 6.92 Å². The first kappa shape index (κ1) is 21.3. The van der Waals surface area contributed by atoms with Gasteiger partial charge in [0.2, 0.25) is 0 Å². The van der Waals surface area contributed by atoms with Gasteiger partial charge in [-0.3, -0.25) is 4.55 Å². The maximum Gasteiger partial charge on any atom is 0.500 e. The van der Waals surface area contributed by atoms with E-state index in [0.717, 1.165) is 31.4 Å². The fraction of sp³-hybridized carbons (Fsp3) is 0.786. The fourth-order valence-electron chi connectivity index (χ4n) is 2.60. The SMILES string of the molecule is CO[Si](CCC[n+]1ccn(CCCCS(=O)(=O)O)c1C)(OC)OC. The zero-order chi connectivity index (χ0) is 18.2. The molecule has 0 radical (unpaired) electrons. The van der Waals surface area contributed by atoms with Crippen LogP contribution in [-0.2, 0) is 36.5 Å². The summed E-state index contributed by atoms with van der Waals surface area (Å²) in [6.45, 7) is 3.58. The van der Waals surface area contributed by atoms with Gasteiger partial charge in [-0.2, -0.15) is 8.42 Å². The van der Waals surface area contributed by atoms with Crippen LogP contribution >= 0.6 is 0 Å². The van der Waals surface area contributed by atoms with Gasteiger partial charge in [0.1, 0.15) is 12.4 Å². The van der Waals surface area contributed by atoms with Crippen molar-refractivity contribution in [2.24, 2.45) is 0 Å². The van der Waals surface area contributed by atoms with E-state index in [9.17, 15) is 8.42 Å². The molecule has 0 atom stereocenters. The van der Waals surface area contributed by atoms with Crippen molar-refractivity contribution in [1.82, 2.24) is 4.57 Å². The smallest absolute Gasteiger partial charge is 0.377 e. The molecule has 10 heteroatoms. The van der Waals surface area contributed by atoms with E-state index in [1.165, 1.54) is 0 Å². The van der Waals surface area contributed by atoms with E-state index < -0.39 is 18.9 Å². The summed E-state index contributed by atoms with van der Waals surface area (Å²) < 4.78 is 50.6. The van der Waals surface area contributed by atoms with Crippen molar-refractivity contribution >= 4 is 18.9 Å². The van der Waals surface area contributed by atoms with Gasteiger partial charge >= 0.3 is 8.80 Å². The average molecular weight is 382 g/mol. The third kappa shape index (κ3) is 6.61. The van der Waals surface area contributed by atoms with Gasteiger partial charge in [-0.05, 0) is 19.3 Å². The summed E-state index contributed by atoms with van der Waals surface area (Å²) in [5, 5.41) is 0. The van der Waals surface area contributed by atoms with E-state index in [-0.39, 0.29) is 5.75 Å². The topological polar surface area (TPSA) is 90.9 Å². The van der Waals surface area contributed by atoms with Gasteiger partial charge in [0.25, 0.3) is 15.9 Å². The lowest BCUT2D eigenvalue weighted by atomic mass is 10.3. The average Bonchev–Trinajstić information content (AvgIpc) is 2.88. The van der Waals surface area contributed by atoms with Crippen molar-refractivity contribution in [3.63, 3.8) is 0 Å². The molecule has 0 aliphatic rings. The third-order valence-corrected chi connectivity index (χ3v) is 7.76. The zero-order valence-corrected chi connectivity index (χ0v) is 16.7. The zero-order valence-electron chi connectivity index (χ0n) is 14.9. The summed E-state index contributed by atoms with van der Waals surface area (Å²) in [5.41, 5.74) is 0. The van der Waals surface area contributed by atoms with Gasteiger partial charge in [0.05, 0.1) is 18.8 Å². The van der Waals surface area contributed by atoms with E-state index in [4.69, 9.17) is 17.8 Å². The minimum absolute atomic E-state index is 0.189. The Morgan fingerprint density at radius 1 is 1.17 bits per heavy atom. The summed E-state index contributed by atoms with van der Waals surface area (Å²) >= 11 is 0. The number of imidazole rings is 1. The van der Waals surface area contributed by atoms with Gasteiger partial charge in [-0.25, -0.2) is 9.13 Å². The molecule has 0 unspecified atom stereocenters. The number of aryl methyl sites for hydroxylation is 2. The molecule has 0 aliphatic heterocycles. The molecule has 1 aromatic rings. The highest BCUT2D eigenvalue weighted by atomic mass is 32.2. The van der Waals surface area contributed by atoms with E-state index >= 15 is 0 Å². The summed E-state index contributed by atoms with van der Waals surface area (Å²) in [6, 6.07) is 0.739. The van der Waals surface area contributed by atoms with Crippen molar-refractivity contribution in [1.29, 1.82) is 0 Å². The van der Waals surface area contributed by atoms with Crippen molar-refractivity contribution in [3.05, 3.63) is 18.2 Å². The van der Waals surface area contributed by atoms with Crippen LogP contribution in [0.3, 0.4) is 0 Å². The Morgan fingerprint density at radius 3 is 2.33 bits per heavy atom. The van der Waals surface area contributed by atoms with Gasteiger partial charge < -0.3 is 13.3 Å². The highest BCUT2D eigenvalue weighted by Crippen LogP contribution is 2.14. The Kier molecular flexibility index (Phi) is 8.54. The number of nitrogens with zero attached hydrogens (tertiary/aromatic N) is 2. The molecule has 24 heavy (non-hydrogen) atoms. The van der Waals surface area contributed by atoms with Crippen LogP contribution in [-0.4, -0.2) is 53.4 Å². The molecule has 1 N–H and O–H groups in total. The maximum atomic E-state index is 10.7. The Morgan fingerprint density at radius 2 is 1.79 bits per heavy atom. The Balaban J connectivity index is 2.47. The molecular weight excluding hydrogens is 352 g/mol. The van der Waals surface area contributed by atoms with Crippen molar-refractivity contribution in [3.8, 4) is 0 Å². The van der Waals surface area contributed by atoms with Gasteiger partial charge in [0, 0.05) is 34.3 Å². The third-order valence-electron chi connectivity index (χ3n) is 4.12. The second kappa shape index (κ2) is 9.64. The molecule has 140 valence electrons. The van der Waals surface area contributed by atoms with Crippen molar-refractivity contribution in [2.75, 3.05) is 27.1 Å². The molecular formula is C14H29N2O6SSi+. The molecule has 1 rings (SSSR count). The molecule has 0 bridgehead atoms. The first-order chi connectivity index (χ1) is 11.3. The number of hydrogen-bond acceptors (Lipinski definition) is 5. The van der Waals surface area contributed by atoms with Crippen LogP contribution in [0.5, 0.6) is 0 Å². The van der Waals surface area contributed by atoms with Gasteiger partial charge in [-0.15, -0.1) is 0 Å². The Hall–Kier alpha value is -0.783. The van der Waals surface area contributed by atoms with E-state index in [2.05, 4.69) is 9.13 Å². The molecule has 1 heterocycles. The van der Waals surface area contributed by atoms with Crippen LogP contribution < -0.4 is 4.57 Å². The van der Waals surface area contributed by atoms with Crippen LogP contribution in [0.25, 0.3) is 0 Å². The normalized spacial score (nSPS) is 12.7. The van der Waals surface area contributed by atoms with E-state index in [0.29, 0.717) is 12.8 Å². The van der Waals surface area contributed by atoms with Gasteiger partial charge in [0.15, 0.2) is 0 Å². The monoisotopic (exact) mass is 381 g/mol. The second-order valence-electron chi connectivity index (χ2n) is 5.62. The minimum Gasteiger partial charge on any atom is -0.377 e. The fourth-order valence-corrected chi connectivity index (χ4v) is 4.88. The van der Waals surface area contributed by atoms with Gasteiger partial charge in [-0.1, -0.05) is 0 Å². The first-order valence-corrected chi connectivity index (χ1v) is 11.5. The number of rotatable bonds is 12. The summed E-state index contributed by atoms with van der Waals surface area (Å²) in [6.07, 6.45) is 6.01. The molecule has 0 saturated heterocycles. The molecule has 0 spiro atoms. The predicted molar refractivity (Wildman–Crippen MR) is 91.2 cm³/mol. The van der Waals surface area contributed by atoms with Crippen LogP contribution in [0.1, 0.15) is 25.1 Å². The number of unbranched alkanes of at least 4 members (excludes halogenated alkanes) is 1. The van der Waals surface area contributed by atoms with E-state index in [1.807, 2.05) is 19.3 Å². The van der Waals surface area contributed by atoms with Crippen LogP contribution in [0.15, 0.2) is 12.4 Å². The number of aromatic nitrogens is 2. The molecule has 0 fully saturated rings. The minimum atomic E-state index is -3.86. The Bertz CT molecular complexity index is 592. The largest absolute Gasteiger partial charge is 0.500 e. The standard InChI is InChI=1S/C14H28N2O6SSi/c1-14-15(8-5-6-12-23(17,18)19)10-11-16(14)9-7-13-24(20-2,21-3)22-4/h10-11H,5-9,12-13H2,1-4H3/p+1. The van der Waals surface area contributed by atoms with Crippen molar-refractivity contribution < 1.29 is 30.8 Å². The lowest BCUT2D eigenvalue weighted by Crippen LogP contribution is -2.44. The molecule has 0 saturated carbocycles. The second-order valence-corrected chi connectivity index (χ2v) is 10.3. The highest BCUT2D eigenvalue weighted by molar-refractivity contribution is 7.85. The predicted octanol–water partition coefficient (Wildman–Crippen LogP) is 1.02. The highest BCUT2D eigenvalue weighted by Gasteiger charge is 2.37. The molecule has 0 aliphatic carbocycles.